The van der Waals surface area contributed by atoms with E-state index in [1.54, 1.807) is 0 Å². The second kappa shape index (κ2) is 5.09. The lowest BCUT2D eigenvalue weighted by molar-refractivity contribution is 0.558. The van der Waals surface area contributed by atoms with E-state index < -0.39 is 10.0 Å². The van der Waals surface area contributed by atoms with Crippen molar-refractivity contribution in [2.24, 2.45) is 0 Å². The molecule has 0 bridgehead atoms. The van der Waals surface area contributed by atoms with Crippen LogP contribution in [0.3, 0.4) is 0 Å². The van der Waals surface area contributed by atoms with Gasteiger partial charge in [0, 0.05) is 11.1 Å². The third kappa shape index (κ3) is 2.80. The van der Waals surface area contributed by atoms with Crippen molar-refractivity contribution in [3.8, 4) is 0 Å². The lowest BCUT2D eigenvalue weighted by Gasteiger charge is -2.15. The molecular weight excluding hydrogens is 295 g/mol. The number of rotatable bonds is 3. The zero-order valence-corrected chi connectivity index (χ0v) is 11.7. The Labute approximate surface area is 116 Å². The summed E-state index contributed by atoms with van der Waals surface area (Å²) >= 11 is 11.7. The first-order chi connectivity index (χ1) is 8.40. The molecule has 0 fully saturated rings. The van der Waals surface area contributed by atoms with E-state index >= 15 is 0 Å². The van der Waals surface area contributed by atoms with Crippen molar-refractivity contribution in [1.82, 2.24) is 4.72 Å². The highest BCUT2D eigenvalue weighted by Gasteiger charge is 2.25. The molecule has 0 atom stereocenters. The molecule has 0 spiro atoms. The Morgan fingerprint density at radius 1 is 1.22 bits per heavy atom. The number of nitrogen functional groups attached to an aromatic ring is 1. The number of nitrogens with two attached hydrogens (primary N) is 1. The third-order valence-corrected chi connectivity index (χ3v) is 4.90. The number of benzene rings is 1. The maximum absolute atomic E-state index is 12.2. The molecule has 0 unspecified atom stereocenters. The molecular formula is C11H12Cl2N2O2S. The van der Waals surface area contributed by atoms with Gasteiger partial charge in [0.2, 0.25) is 10.0 Å². The summed E-state index contributed by atoms with van der Waals surface area (Å²) < 4.78 is 27.0. The van der Waals surface area contributed by atoms with Gasteiger partial charge in [-0.15, -0.1) is 0 Å². The van der Waals surface area contributed by atoms with E-state index in [0.29, 0.717) is 17.9 Å². The van der Waals surface area contributed by atoms with Crippen molar-refractivity contribution < 1.29 is 8.42 Å². The largest absolute Gasteiger partial charge is 0.398 e. The lowest BCUT2D eigenvalue weighted by Crippen LogP contribution is -2.33. The third-order valence-electron chi connectivity index (χ3n) is 2.64. The summed E-state index contributed by atoms with van der Waals surface area (Å²) in [6, 6.07) is 2.59. The van der Waals surface area contributed by atoms with Crippen molar-refractivity contribution >= 4 is 38.9 Å². The first-order valence-corrected chi connectivity index (χ1v) is 7.56. The van der Waals surface area contributed by atoms with Gasteiger partial charge < -0.3 is 5.73 Å². The molecule has 1 aliphatic rings. The summed E-state index contributed by atoms with van der Waals surface area (Å²) in [7, 11) is -3.73. The zero-order chi connectivity index (χ0) is 13.3. The van der Waals surface area contributed by atoms with E-state index in [-0.39, 0.29) is 21.6 Å². The first kappa shape index (κ1) is 13.7. The van der Waals surface area contributed by atoms with Crippen LogP contribution in [0, 0.1) is 0 Å². The molecule has 0 saturated carbocycles. The minimum Gasteiger partial charge on any atom is -0.398 e. The van der Waals surface area contributed by atoms with Crippen molar-refractivity contribution in [1.29, 1.82) is 0 Å². The maximum atomic E-state index is 12.2. The van der Waals surface area contributed by atoms with Gasteiger partial charge in [0.25, 0.3) is 0 Å². The fourth-order valence-corrected chi connectivity index (χ4v) is 4.10. The molecule has 3 N–H and O–H groups in total. The molecule has 0 aromatic heterocycles. The van der Waals surface area contributed by atoms with Crippen LogP contribution in [0.15, 0.2) is 29.2 Å². The van der Waals surface area contributed by atoms with Crippen molar-refractivity contribution in [3.05, 3.63) is 34.3 Å². The molecule has 0 heterocycles. The Hall–Kier alpha value is -0.750. The summed E-state index contributed by atoms with van der Waals surface area (Å²) in [6.07, 6.45) is 5.20. The Bertz CT molecular complexity index is 568. The van der Waals surface area contributed by atoms with E-state index in [0.717, 1.165) is 0 Å². The molecule has 2 rings (SSSR count). The number of halogens is 2. The maximum Gasteiger partial charge on any atom is 0.244 e. The van der Waals surface area contributed by atoms with E-state index in [9.17, 15) is 8.42 Å². The normalized spacial score (nSPS) is 16.3. The van der Waals surface area contributed by atoms with Gasteiger partial charge in [-0.25, -0.2) is 13.1 Å². The molecule has 4 nitrogen and oxygen atoms in total. The van der Waals surface area contributed by atoms with Crippen LogP contribution in [-0.2, 0) is 10.0 Å². The molecule has 0 amide bonds. The minimum atomic E-state index is -3.73. The topological polar surface area (TPSA) is 72.2 Å². The number of nitrogens with one attached hydrogen (secondary N) is 1. The SMILES string of the molecule is Nc1cc(Cl)cc(Cl)c1S(=O)(=O)NC1CC=CC1. The van der Waals surface area contributed by atoms with Gasteiger partial charge >= 0.3 is 0 Å². The Balaban J connectivity index is 2.35. The highest BCUT2D eigenvalue weighted by Crippen LogP contribution is 2.31. The van der Waals surface area contributed by atoms with E-state index in [4.69, 9.17) is 28.9 Å². The van der Waals surface area contributed by atoms with Crippen molar-refractivity contribution in [3.63, 3.8) is 0 Å². The Morgan fingerprint density at radius 2 is 1.83 bits per heavy atom. The lowest BCUT2D eigenvalue weighted by atomic mass is 10.3. The molecule has 0 saturated heterocycles. The summed E-state index contributed by atoms with van der Waals surface area (Å²) in [5, 5.41) is 0.331. The van der Waals surface area contributed by atoms with Crippen LogP contribution in [0.4, 0.5) is 5.69 Å². The number of hydrogen-bond donors (Lipinski definition) is 2. The fraction of sp³-hybridized carbons (Fsp3) is 0.273. The zero-order valence-electron chi connectivity index (χ0n) is 9.36. The van der Waals surface area contributed by atoms with Crippen LogP contribution in [0.25, 0.3) is 0 Å². The smallest absolute Gasteiger partial charge is 0.244 e. The second-order valence-corrected chi connectivity index (χ2v) is 6.56. The van der Waals surface area contributed by atoms with Crippen LogP contribution < -0.4 is 10.5 Å². The first-order valence-electron chi connectivity index (χ1n) is 5.32. The van der Waals surface area contributed by atoms with Crippen LogP contribution >= 0.6 is 23.2 Å². The highest BCUT2D eigenvalue weighted by molar-refractivity contribution is 7.89. The predicted molar refractivity (Wildman–Crippen MR) is 73.4 cm³/mol. The van der Waals surface area contributed by atoms with E-state index in [2.05, 4.69) is 4.72 Å². The average Bonchev–Trinajstić information content (AvgIpc) is 2.66. The summed E-state index contributed by atoms with van der Waals surface area (Å²) in [5.41, 5.74) is 5.73. The van der Waals surface area contributed by atoms with Gasteiger partial charge in [0.1, 0.15) is 4.90 Å². The van der Waals surface area contributed by atoms with Gasteiger partial charge in [0.05, 0.1) is 10.7 Å². The summed E-state index contributed by atoms with van der Waals surface area (Å²) in [4.78, 5) is -0.111. The number of anilines is 1. The van der Waals surface area contributed by atoms with Gasteiger partial charge in [-0.2, -0.15) is 0 Å². The quantitative estimate of drug-likeness (QED) is 0.666. The van der Waals surface area contributed by atoms with E-state index in [1.807, 2.05) is 12.2 Å². The van der Waals surface area contributed by atoms with E-state index in [1.165, 1.54) is 12.1 Å². The Morgan fingerprint density at radius 3 is 2.39 bits per heavy atom. The van der Waals surface area contributed by atoms with Crippen molar-refractivity contribution in [2.45, 2.75) is 23.8 Å². The highest BCUT2D eigenvalue weighted by atomic mass is 35.5. The predicted octanol–water partition coefficient (Wildman–Crippen LogP) is 2.57. The van der Waals surface area contributed by atoms with Crippen LogP contribution in [0.2, 0.25) is 10.0 Å². The number of sulfonamides is 1. The summed E-state index contributed by atoms with van der Waals surface area (Å²) in [6.45, 7) is 0. The molecule has 1 aromatic carbocycles. The van der Waals surface area contributed by atoms with Gasteiger partial charge in [-0.3, -0.25) is 0 Å². The fourth-order valence-electron chi connectivity index (χ4n) is 1.86. The minimum absolute atomic E-state index is 0.0263. The molecule has 1 aliphatic carbocycles. The van der Waals surface area contributed by atoms with Crippen LogP contribution in [0.1, 0.15) is 12.8 Å². The Kier molecular flexibility index (Phi) is 3.87. The number of hydrogen-bond acceptors (Lipinski definition) is 3. The second-order valence-electron chi connectivity index (χ2n) is 4.07. The van der Waals surface area contributed by atoms with Gasteiger partial charge in [-0.05, 0) is 25.0 Å². The molecule has 98 valence electrons. The van der Waals surface area contributed by atoms with Gasteiger partial charge in [0.15, 0.2) is 0 Å². The standard InChI is InChI=1S/C11H12Cl2N2O2S/c12-7-5-9(13)11(10(14)6-7)18(16,17)15-8-3-1-2-4-8/h1-2,5-6,8,15H,3-4,14H2. The van der Waals surface area contributed by atoms with Crippen molar-refractivity contribution in [2.75, 3.05) is 5.73 Å². The van der Waals surface area contributed by atoms with Crippen LogP contribution in [-0.4, -0.2) is 14.5 Å². The van der Waals surface area contributed by atoms with Crippen LogP contribution in [0.5, 0.6) is 0 Å². The molecule has 0 radical (unpaired) electrons. The summed E-state index contributed by atoms with van der Waals surface area (Å²) in [5.74, 6) is 0. The molecule has 18 heavy (non-hydrogen) atoms. The molecule has 0 aliphatic heterocycles. The molecule has 7 heteroatoms. The molecule has 1 aromatic rings. The van der Waals surface area contributed by atoms with Gasteiger partial charge in [-0.1, -0.05) is 35.4 Å². The monoisotopic (exact) mass is 306 g/mol. The average molecular weight is 307 g/mol.